The second kappa shape index (κ2) is 6.99. The molecule has 1 aromatic carbocycles. The average Bonchev–Trinajstić information content (AvgIpc) is 3.24. The quantitative estimate of drug-likeness (QED) is 0.497. The highest BCUT2D eigenvalue weighted by Gasteiger charge is 2.20. The Morgan fingerprint density at radius 1 is 1.22 bits per heavy atom. The summed E-state index contributed by atoms with van der Waals surface area (Å²) in [5.74, 6) is 0. The number of benzene rings is 1. The summed E-state index contributed by atoms with van der Waals surface area (Å²) in [5.41, 5.74) is 2.93. The number of aromatic amines is 1. The van der Waals surface area contributed by atoms with E-state index in [9.17, 15) is 8.42 Å². The Morgan fingerprint density at radius 3 is 2.81 bits per heavy atom. The SMILES string of the molecule is Cc1csc(Sc2ccc(NS(=O)(=O)c3c[nH]c4ncccc34)c(C)c2)n1. The van der Waals surface area contributed by atoms with Gasteiger partial charge in [0.2, 0.25) is 0 Å². The van der Waals surface area contributed by atoms with Crippen molar-refractivity contribution >= 4 is 49.8 Å². The van der Waals surface area contributed by atoms with Crippen molar-refractivity contribution < 1.29 is 8.42 Å². The predicted octanol–water partition coefficient (Wildman–Crippen LogP) is 4.59. The molecule has 3 heterocycles. The minimum Gasteiger partial charge on any atom is -0.345 e. The van der Waals surface area contributed by atoms with Crippen molar-refractivity contribution in [2.75, 3.05) is 4.72 Å². The molecule has 4 aromatic rings. The minimum absolute atomic E-state index is 0.182. The summed E-state index contributed by atoms with van der Waals surface area (Å²) in [5, 5.41) is 2.57. The number of rotatable bonds is 5. The van der Waals surface area contributed by atoms with E-state index in [0.29, 0.717) is 16.7 Å². The summed E-state index contributed by atoms with van der Waals surface area (Å²) in [7, 11) is -3.73. The van der Waals surface area contributed by atoms with Crippen LogP contribution in [-0.4, -0.2) is 23.4 Å². The number of sulfonamides is 1. The normalized spacial score (nSPS) is 11.8. The van der Waals surface area contributed by atoms with Crippen molar-refractivity contribution in [3.63, 3.8) is 0 Å². The van der Waals surface area contributed by atoms with Crippen molar-refractivity contribution in [3.05, 3.63) is 59.4 Å². The summed E-state index contributed by atoms with van der Waals surface area (Å²) in [4.78, 5) is 12.7. The maximum Gasteiger partial charge on any atom is 0.264 e. The lowest BCUT2D eigenvalue weighted by molar-refractivity contribution is 0.602. The first-order valence-corrected chi connectivity index (χ1v) is 11.3. The van der Waals surface area contributed by atoms with Crippen LogP contribution in [0.5, 0.6) is 0 Å². The van der Waals surface area contributed by atoms with E-state index in [0.717, 1.165) is 20.5 Å². The first kappa shape index (κ1) is 18.0. The molecule has 138 valence electrons. The fourth-order valence-electron chi connectivity index (χ4n) is 2.65. The molecule has 0 atom stereocenters. The molecule has 0 aliphatic carbocycles. The fraction of sp³-hybridized carbons (Fsp3) is 0.111. The molecule has 0 saturated heterocycles. The van der Waals surface area contributed by atoms with E-state index in [4.69, 9.17) is 0 Å². The van der Waals surface area contributed by atoms with E-state index in [1.54, 1.807) is 47.5 Å². The van der Waals surface area contributed by atoms with Crippen LogP contribution in [-0.2, 0) is 10.0 Å². The van der Waals surface area contributed by atoms with Crippen LogP contribution < -0.4 is 4.72 Å². The van der Waals surface area contributed by atoms with E-state index in [-0.39, 0.29) is 4.90 Å². The lowest BCUT2D eigenvalue weighted by atomic mass is 10.2. The van der Waals surface area contributed by atoms with Gasteiger partial charge in [0.05, 0.1) is 5.69 Å². The lowest BCUT2D eigenvalue weighted by Crippen LogP contribution is -2.13. The first-order valence-electron chi connectivity index (χ1n) is 8.08. The molecular weight excluding hydrogens is 400 g/mol. The smallest absolute Gasteiger partial charge is 0.264 e. The van der Waals surface area contributed by atoms with E-state index in [2.05, 4.69) is 19.7 Å². The van der Waals surface area contributed by atoms with Gasteiger partial charge in [-0.1, -0.05) is 11.8 Å². The monoisotopic (exact) mass is 416 g/mol. The molecule has 4 rings (SSSR count). The number of nitrogens with zero attached hydrogens (tertiary/aromatic N) is 2. The Hall–Kier alpha value is -2.36. The molecule has 27 heavy (non-hydrogen) atoms. The molecule has 0 amide bonds. The van der Waals surface area contributed by atoms with Crippen molar-refractivity contribution in [2.24, 2.45) is 0 Å². The largest absolute Gasteiger partial charge is 0.345 e. The summed E-state index contributed by atoms with van der Waals surface area (Å²) in [6, 6.07) is 9.07. The van der Waals surface area contributed by atoms with Crippen molar-refractivity contribution in [1.82, 2.24) is 15.0 Å². The van der Waals surface area contributed by atoms with Gasteiger partial charge in [-0.25, -0.2) is 18.4 Å². The van der Waals surface area contributed by atoms with E-state index in [1.807, 2.05) is 31.4 Å². The van der Waals surface area contributed by atoms with Crippen molar-refractivity contribution in [3.8, 4) is 0 Å². The highest BCUT2D eigenvalue weighted by Crippen LogP contribution is 2.33. The molecule has 0 saturated carbocycles. The van der Waals surface area contributed by atoms with Crippen molar-refractivity contribution in [1.29, 1.82) is 0 Å². The average molecular weight is 417 g/mol. The van der Waals surface area contributed by atoms with Crippen LogP contribution in [0.4, 0.5) is 5.69 Å². The first-order chi connectivity index (χ1) is 12.9. The fourth-order valence-corrected chi connectivity index (χ4v) is 5.85. The number of aryl methyl sites for hydroxylation is 2. The molecule has 9 heteroatoms. The number of hydrogen-bond donors (Lipinski definition) is 2. The minimum atomic E-state index is -3.73. The molecule has 6 nitrogen and oxygen atoms in total. The number of pyridine rings is 1. The maximum absolute atomic E-state index is 12.8. The lowest BCUT2D eigenvalue weighted by Gasteiger charge is -2.11. The number of nitrogens with one attached hydrogen (secondary N) is 2. The third-order valence-corrected chi connectivity index (χ3v) is 7.40. The zero-order valence-corrected chi connectivity index (χ0v) is 17.0. The predicted molar refractivity (Wildman–Crippen MR) is 109 cm³/mol. The van der Waals surface area contributed by atoms with Gasteiger partial charge < -0.3 is 4.98 Å². The van der Waals surface area contributed by atoms with Gasteiger partial charge in [0.25, 0.3) is 10.0 Å². The van der Waals surface area contributed by atoms with Crippen LogP contribution in [0.1, 0.15) is 11.3 Å². The summed E-state index contributed by atoms with van der Waals surface area (Å²) in [6.07, 6.45) is 3.08. The number of fused-ring (bicyclic) bond motifs is 1. The second-order valence-corrected chi connectivity index (χ2v) is 9.82. The molecule has 2 N–H and O–H groups in total. The van der Waals surface area contributed by atoms with Gasteiger partial charge in [0, 0.05) is 33.7 Å². The highest BCUT2D eigenvalue weighted by molar-refractivity contribution is 8.01. The van der Waals surface area contributed by atoms with Gasteiger partial charge in [-0.05, 0) is 49.7 Å². The molecule has 3 aromatic heterocycles. The molecule has 0 aliphatic heterocycles. The van der Waals surface area contributed by atoms with Gasteiger partial charge >= 0.3 is 0 Å². The standard InChI is InChI=1S/C18H16N4O2S3/c1-11-8-13(26-18-21-12(2)10-25-18)5-6-15(11)22-27(23,24)16-9-20-17-14(16)4-3-7-19-17/h3-10,22H,1-2H3,(H,19,20). The summed E-state index contributed by atoms with van der Waals surface area (Å²) >= 11 is 3.16. The molecule has 0 radical (unpaired) electrons. The zero-order valence-electron chi connectivity index (χ0n) is 14.6. The van der Waals surface area contributed by atoms with Gasteiger partial charge in [-0.3, -0.25) is 4.72 Å². The zero-order chi connectivity index (χ0) is 19.0. The Kier molecular flexibility index (Phi) is 4.67. The van der Waals surface area contributed by atoms with E-state index < -0.39 is 10.0 Å². The van der Waals surface area contributed by atoms with Crippen LogP contribution in [0.3, 0.4) is 0 Å². The molecule has 0 unspecified atom stereocenters. The highest BCUT2D eigenvalue weighted by atomic mass is 32.2. The summed E-state index contributed by atoms with van der Waals surface area (Å²) < 4.78 is 29.3. The molecule has 0 bridgehead atoms. The van der Waals surface area contributed by atoms with Crippen LogP contribution in [0, 0.1) is 13.8 Å². The Labute approximate surface area is 165 Å². The third-order valence-electron chi connectivity index (χ3n) is 3.95. The number of hydrogen-bond acceptors (Lipinski definition) is 6. The topological polar surface area (TPSA) is 87.7 Å². The van der Waals surface area contributed by atoms with Gasteiger partial charge in [0.1, 0.15) is 10.5 Å². The van der Waals surface area contributed by atoms with Crippen molar-refractivity contribution in [2.45, 2.75) is 28.0 Å². The number of thiazole rings is 1. The van der Waals surface area contributed by atoms with Gasteiger partial charge in [-0.15, -0.1) is 11.3 Å². The third kappa shape index (κ3) is 3.71. The van der Waals surface area contributed by atoms with Gasteiger partial charge in [-0.2, -0.15) is 0 Å². The maximum atomic E-state index is 12.8. The number of anilines is 1. The van der Waals surface area contributed by atoms with E-state index >= 15 is 0 Å². The molecular formula is C18H16N4O2S3. The second-order valence-electron chi connectivity index (χ2n) is 5.99. The molecule has 0 spiro atoms. The van der Waals surface area contributed by atoms with E-state index in [1.165, 1.54) is 6.20 Å². The van der Waals surface area contributed by atoms with Crippen LogP contribution >= 0.6 is 23.1 Å². The van der Waals surface area contributed by atoms with Gasteiger partial charge in [0.15, 0.2) is 4.34 Å². The Bertz CT molecular complexity index is 1230. The number of H-pyrrole nitrogens is 1. The molecule has 0 fully saturated rings. The van der Waals surface area contributed by atoms with Crippen LogP contribution in [0.15, 0.2) is 62.2 Å². The Balaban J connectivity index is 1.60. The Morgan fingerprint density at radius 2 is 2.07 bits per heavy atom. The number of aromatic nitrogens is 3. The summed E-state index contributed by atoms with van der Waals surface area (Å²) in [6.45, 7) is 3.84. The van der Waals surface area contributed by atoms with Crippen LogP contribution in [0.25, 0.3) is 11.0 Å². The van der Waals surface area contributed by atoms with Crippen LogP contribution in [0.2, 0.25) is 0 Å². The molecule has 0 aliphatic rings.